The van der Waals surface area contributed by atoms with Crippen LogP contribution in [0.4, 0.5) is 10.5 Å². The number of likely N-dealkylation sites (N-methyl/N-ethyl adjacent to an activating group) is 1. The van der Waals surface area contributed by atoms with Gasteiger partial charge in [0.1, 0.15) is 6.54 Å². The number of nitrogens with zero attached hydrogens (tertiary/aromatic N) is 2. The third-order valence-electron chi connectivity index (χ3n) is 3.68. The van der Waals surface area contributed by atoms with Gasteiger partial charge in [-0.2, -0.15) is 0 Å². The zero-order chi connectivity index (χ0) is 18.7. The maximum absolute atomic E-state index is 12.3. The van der Waals surface area contributed by atoms with Crippen LogP contribution in [-0.4, -0.2) is 47.1 Å². The van der Waals surface area contributed by atoms with Crippen LogP contribution < -0.4 is 5.32 Å². The largest absolute Gasteiger partial charge is 0.334 e. The van der Waals surface area contributed by atoms with Crippen molar-refractivity contribution in [3.63, 3.8) is 0 Å². The van der Waals surface area contributed by atoms with E-state index in [9.17, 15) is 19.2 Å². The Balaban J connectivity index is 1.71. The molecule has 7 nitrogen and oxygen atoms in total. The summed E-state index contributed by atoms with van der Waals surface area (Å²) in [4.78, 5) is 50.5. The van der Waals surface area contributed by atoms with E-state index < -0.39 is 30.3 Å². The zero-order valence-electron chi connectivity index (χ0n) is 13.8. The van der Waals surface area contributed by atoms with Crippen LogP contribution in [0.2, 0.25) is 0 Å². The van der Waals surface area contributed by atoms with E-state index >= 15 is 0 Å². The fraction of sp³-hybridized carbons (Fsp3) is 0.111. The molecule has 2 aromatic rings. The second kappa shape index (κ2) is 7.40. The molecule has 0 saturated carbocycles. The maximum atomic E-state index is 12.3. The summed E-state index contributed by atoms with van der Waals surface area (Å²) in [6, 6.07) is 16.1. The van der Waals surface area contributed by atoms with Gasteiger partial charge in [-0.3, -0.25) is 19.3 Å². The Labute approximate surface area is 154 Å². The molecule has 8 heteroatoms. The van der Waals surface area contributed by atoms with Crippen LogP contribution in [0.1, 0.15) is 0 Å². The molecule has 0 aliphatic carbocycles. The van der Waals surface area contributed by atoms with Crippen molar-refractivity contribution in [3.05, 3.63) is 54.6 Å². The number of hydrogen-bond donors (Lipinski definition) is 1. The lowest BCUT2D eigenvalue weighted by Gasteiger charge is -2.14. The van der Waals surface area contributed by atoms with E-state index in [0.29, 0.717) is 15.5 Å². The summed E-state index contributed by atoms with van der Waals surface area (Å²) in [5.74, 6) is -2.50. The number of carbonyl (C=O) groups excluding carboxylic acids is 4. The molecule has 1 heterocycles. The molecular formula is C18H15N3O4S. The Kier molecular flexibility index (Phi) is 5.04. The number of nitrogens with one attached hydrogen (secondary N) is 1. The fourth-order valence-corrected chi connectivity index (χ4v) is 3.28. The molecule has 0 unspecified atom stereocenters. The van der Waals surface area contributed by atoms with Gasteiger partial charge in [0, 0.05) is 16.8 Å². The van der Waals surface area contributed by atoms with Gasteiger partial charge in [-0.05, 0) is 24.3 Å². The Morgan fingerprint density at radius 3 is 2.27 bits per heavy atom. The molecule has 26 heavy (non-hydrogen) atoms. The molecule has 0 aromatic heterocycles. The fourth-order valence-electron chi connectivity index (χ4n) is 2.36. The number of carbonyl (C=O) groups is 4. The summed E-state index contributed by atoms with van der Waals surface area (Å²) in [5.41, 5.74) is 0.560. The van der Waals surface area contributed by atoms with E-state index in [2.05, 4.69) is 5.32 Å². The Bertz CT molecular complexity index is 885. The van der Waals surface area contributed by atoms with E-state index in [-0.39, 0.29) is 0 Å². The van der Waals surface area contributed by atoms with Crippen LogP contribution in [0.25, 0.3) is 0 Å². The van der Waals surface area contributed by atoms with Gasteiger partial charge in [0.05, 0.1) is 5.69 Å². The zero-order valence-corrected chi connectivity index (χ0v) is 14.7. The van der Waals surface area contributed by atoms with Crippen LogP contribution in [0.15, 0.2) is 64.4 Å². The van der Waals surface area contributed by atoms with Crippen molar-refractivity contribution >= 4 is 41.2 Å². The van der Waals surface area contributed by atoms with Gasteiger partial charge in [0.2, 0.25) is 5.91 Å². The third-order valence-corrected chi connectivity index (χ3v) is 4.77. The smallest absolute Gasteiger partial charge is 0.323 e. The number of para-hydroxylation sites is 1. The third kappa shape index (κ3) is 3.60. The van der Waals surface area contributed by atoms with Crippen molar-refractivity contribution in [3.8, 4) is 0 Å². The van der Waals surface area contributed by atoms with Gasteiger partial charge in [-0.15, -0.1) is 0 Å². The van der Waals surface area contributed by atoms with Crippen LogP contribution >= 0.6 is 11.8 Å². The van der Waals surface area contributed by atoms with E-state index in [1.54, 1.807) is 12.1 Å². The Morgan fingerprint density at radius 1 is 0.962 bits per heavy atom. The molecule has 2 aromatic carbocycles. The molecule has 0 atom stereocenters. The highest BCUT2D eigenvalue weighted by atomic mass is 32.2. The van der Waals surface area contributed by atoms with E-state index in [1.807, 2.05) is 42.5 Å². The van der Waals surface area contributed by atoms with Gasteiger partial charge >= 0.3 is 17.8 Å². The molecule has 3 rings (SSSR count). The van der Waals surface area contributed by atoms with Crippen LogP contribution in [0.5, 0.6) is 0 Å². The maximum Gasteiger partial charge on any atom is 0.334 e. The van der Waals surface area contributed by atoms with Crippen molar-refractivity contribution in [2.24, 2.45) is 0 Å². The number of rotatable bonds is 5. The quantitative estimate of drug-likeness (QED) is 0.645. The topological polar surface area (TPSA) is 86.8 Å². The number of benzene rings is 2. The van der Waals surface area contributed by atoms with Gasteiger partial charge in [0.25, 0.3) is 0 Å². The van der Waals surface area contributed by atoms with Gasteiger partial charge in [0.15, 0.2) is 0 Å². The van der Waals surface area contributed by atoms with Crippen LogP contribution in [-0.2, 0) is 14.4 Å². The molecule has 0 bridgehead atoms. The second-order valence-corrected chi connectivity index (χ2v) is 6.61. The highest BCUT2D eigenvalue weighted by Crippen LogP contribution is 2.33. The summed E-state index contributed by atoms with van der Waals surface area (Å²) in [5, 5.41) is 2.69. The van der Waals surface area contributed by atoms with Crippen molar-refractivity contribution in [2.45, 2.75) is 9.79 Å². The van der Waals surface area contributed by atoms with Crippen molar-refractivity contribution < 1.29 is 19.2 Å². The summed E-state index contributed by atoms with van der Waals surface area (Å²) >= 11 is 1.48. The second-order valence-electron chi connectivity index (χ2n) is 5.50. The molecule has 0 radical (unpaired) electrons. The van der Waals surface area contributed by atoms with E-state index in [4.69, 9.17) is 0 Å². The van der Waals surface area contributed by atoms with Crippen molar-refractivity contribution in [1.82, 2.24) is 9.80 Å². The first-order valence-corrected chi connectivity index (χ1v) is 8.54. The molecule has 1 fully saturated rings. The Hall–Kier alpha value is -3.13. The van der Waals surface area contributed by atoms with Crippen LogP contribution in [0, 0.1) is 0 Å². The lowest BCUT2D eigenvalue weighted by atomic mass is 10.3. The van der Waals surface area contributed by atoms with E-state index in [1.165, 1.54) is 18.8 Å². The molecule has 1 aliphatic heterocycles. The first-order chi connectivity index (χ1) is 12.5. The van der Waals surface area contributed by atoms with Crippen molar-refractivity contribution in [2.75, 3.05) is 18.9 Å². The van der Waals surface area contributed by atoms with Gasteiger partial charge < -0.3 is 5.32 Å². The highest BCUT2D eigenvalue weighted by molar-refractivity contribution is 7.99. The summed E-state index contributed by atoms with van der Waals surface area (Å²) in [6.45, 7) is -0.516. The molecular weight excluding hydrogens is 354 g/mol. The molecule has 1 N–H and O–H groups in total. The van der Waals surface area contributed by atoms with Gasteiger partial charge in [-0.25, -0.2) is 9.69 Å². The number of hydrogen-bond acceptors (Lipinski definition) is 5. The molecule has 132 valence electrons. The number of amides is 5. The number of urea groups is 1. The lowest BCUT2D eigenvalue weighted by molar-refractivity contribution is -0.143. The number of imide groups is 2. The molecule has 1 saturated heterocycles. The Morgan fingerprint density at radius 2 is 1.62 bits per heavy atom. The predicted molar refractivity (Wildman–Crippen MR) is 95.5 cm³/mol. The summed E-state index contributed by atoms with van der Waals surface area (Å²) < 4.78 is 0. The first kappa shape index (κ1) is 17.7. The minimum absolute atomic E-state index is 0.516. The van der Waals surface area contributed by atoms with E-state index in [0.717, 1.165) is 9.79 Å². The SMILES string of the molecule is CN1C(=O)C(=O)N(CC(=O)Nc2ccccc2Sc2ccccc2)C1=O. The lowest BCUT2D eigenvalue weighted by Crippen LogP contribution is -2.38. The summed E-state index contributed by atoms with van der Waals surface area (Å²) in [6.07, 6.45) is 0. The highest BCUT2D eigenvalue weighted by Gasteiger charge is 2.42. The predicted octanol–water partition coefficient (Wildman–Crippen LogP) is 2.20. The molecule has 5 amide bonds. The normalized spacial score (nSPS) is 14.1. The average molecular weight is 369 g/mol. The van der Waals surface area contributed by atoms with Crippen LogP contribution in [0.3, 0.4) is 0 Å². The standard InChI is InChI=1S/C18H15N3O4S/c1-20-16(23)17(24)21(18(20)25)11-15(22)19-13-9-5-6-10-14(13)26-12-7-3-2-4-8-12/h2-10H,11H2,1H3,(H,19,22). The monoisotopic (exact) mass is 369 g/mol. The molecule has 1 aliphatic rings. The minimum atomic E-state index is -1.00. The molecule has 0 spiro atoms. The van der Waals surface area contributed by atoms with Crippen molar-refractivity contribution in [1.29, 1.82) is 0 Å². The first-order valence-electron chi connectivity index (χ1n) is 7.72. The van der Waals surface area contributed by atoms with Gasteiger partial charge in [-0.1, -0.05) is 42.1 Å². The number of anilines is 1. The average Bonchev–Trinajstić information content (AvgIpc) is 2.82. The minimum Gasteiger partial charge on any atom is -0.323 e. The summed E-state index contributed by atoms with van der Waals surface area (Å²) in [7, 11) is 1.20.